The molecule has 0 aliphatic carbocycles. The third kappa shape index (κ3) is 4.42. The minimum atomic E-state index is -1.56. The quantitative estimate of drug-likeness (QED) is 0.628. The highest BCUT2D eigenvalue weighted by molar-refractivity contribution is 5.95. The molecule has 0 aliphatic rings. The Morgan fingerprint density at radius 1 is 1.26 bits per heavy atom. The number of carbonyl (C=O) groups is 2. The Morgan fingerprint density at radius 2 is 1.84 bits per heavy atom. The predicted octanol–water partition coefficient (Wildman–Crippen LogP) is 1.70. The summed E-state index contributed by atoms with van der Waals surface area (Å²) in [5, 5.41) is 17.5. The van der Waals surface area contributed by atoms with E-state index >= 15 is 0 Å². The highest BCUT2D eigenvalue weighted by atomic mass is 19.1. The number of rotatable bonds is 5. The van der Waals surface area contributed by atoms with Gasteiger partial charge in [-0.1, -0.05) is 12.1 Å². The van der Waals surface area contributed by atoms with E-state index in [1.165, 1.54) is 29.2 Å². The van der Waals surface area contributed by atoms with Gasteiger partial charge in [-0.05, 0) is 24.6 Å². The number of likely N-dealkylation sites (N-methyl/N-ethyl adjacent to an activating group) is 1. The van der Waals surface area contributed by atoms with Gasteiger partial charge in [-0.3, -0.25) is 4.79 Å². The van der Waals surface area contributed by atoms with E-state index in [0.29, 0.717) is 18.2 Å². The maximum absolute atomic E-state index is 12.7. The lowest BCUT2D eigenvalue weighted by Crippen LogP contribution is -2.29. The van der Waals surface area contributed by atoms with Crippen molar-refractivity contribution in [1.29, 1.82) is 0 Å². The number of aliphatic hydroxyl groups is 1. The maximum atomic E-state index is 12.7. The van der Waals surface area contributed by atoms with E-state index in [1.54, 1.807) is 6.92 Å². The Hall–Kier alpha value is -2.37. The summed E-state index contributed by atoms with van der Waals surface area (Å²) >= 11 is 0. The topological polar surface area (TPSA) is 77.8 Å². The van der Waals surface area contributed by atoms with Crippen molar-refractivity contribution in [3.8, 4) is 0 Å². The van der Waals surface area contributed by atoms with Crippen LogP contribution in [-0.4, -0.2) is 33.5 Å². The molecular weight excluding hydrogens is 253 g/mol. The van der Waals surface area contributed by atoms with Crippen LogP contribution in [0.4, 0.5) is 4.39 Å². The summed E-state index contributed by atoms with van der Waals surface area (Å²) in [5.74, 6) is -3.57. The van der Waals surface area contributed by atoms with Crippen molar-refractivity contribution in [2.24, 2.45) is 0 Å². The van der Waals surface area contributed by atoms with Crippen LogP contribution in [0.2, 0.25) is 0 Å². The summed E-state index contributed by atoms with van der Waals surface area (Å²) in [5.41, 5.74) is 0.708. The summed E-state index contributed by atoms with van der Waals surface area (Å²) in [4.78, 5) is 23.4. The largest absolute Gasteiger partial charge is 0.502 e. The van der Waals surface area contributed by atoms with Gasteiger partial charge >= 0.3 is 5.97 Å². The van der Waals surface area contributed by atoms with Crippen LogP contribution in [0.3, 0.4) is 0 Å². The van der Waals surface area contributed by atoms with Gasteiger partial charge in [0.2, 0.25) is 5.76 Å². The highest BCUT2D eigenvalue weighted by Crippen LogP contribution is 2.07. The summed E-state index contributed by atoms with van der Waals surface area (Å²) in [6.07, 6.45) is 0.648. The zero-order valence-electron chi connectivity index (χ0n) is 10.3. The average molecular weight is 267 g/mol. The van der Waals surface area contributed by atoms with Crippen molar-refractivity contribution in [3.63, 3.8) is 0 Å². The number of carboxylic acid groups (broad SMARTS) is 1. The van der Waals surface area contributed by atoms with Crippen molar-refractivity contribution in [2.45, 2.75) is 13.5 Å². The highest BCUT2D eigenvalue weighted by Gasteiger charge is 2.13. The standard InChI is InChI=1S/C13H14FNO4/c1-2-15(12(17)7-11(16)13(18)19)8-9-3-5-10(14)6-4-9/h3-7,16H,2,8H2,1H3,(H,18,19). The molecule has 2 N–H and O–H groups in total. The second-order valence-corrected chi connectivity index (χ2v) is 3.81. The third-order valence-electron chi connectivity index (χ3n) is 2.46. The van der Waals surface area contributed by atoms with E-state index in [2.05, 4.69) is 0 Å². The maximum Gasteiger partial charge on any atom is 0.371 e. The molecule has 0 bridgehead atoms. The van der Waals surface area contributed by atoms with Crippen LogP contribution in [0.15, 0.2) is 36.1 Å². The van der Waals surface area contributed by atoms with Crippen molar-refractivity contribution in [3.05, 3.63) is 47.5 Å². The normalized spacial score (nSPS) is 11.2. The smallest absolute Gasteiger partial charge is 0.371 e. The number of hydrogen-bond acceptors (Lipinski definition) is 3. The zero-order chi connectivity index (χ0) is 14.4. The van der Waals surface area contributed by atoms with Crippen LogP contribution in [0.25, 0.3) is 0 Å². The molecule has 102 valence electrons. The lowest BCUT2D eigenvalue weighted by molar-refractivity contribution is -0.136. The molecule has 1 aromatic carbocycles. The molecule has 0 unspecified atom stereocenters. The van der Waals surface area contributed by atoms with Crippen LogP contribution in [0.5, 0.6) is 0 Å². The van der Waals surface area contributed by atoms with Gasteiger partial charge in [-0.25, -0.2) is 9.18 Å². The molecule has 1 rings (SSSR count). The van der Waals surface area contributed by atoms with Crippen molar-refractivity contribution < 1.29 is 24.2 Å². The second-order valence-electron chi connectivity index (χ2n) is 3.81. The number of halogens is 1. The molecule has 6 heteroatoms. The lowest BCUT2D eigenvalue weighted by Gasteiger charge is -2.19. The molecule has 0 radical (unpaired) electrons. The number of hydrogen-bond donors (Lipinski definition) is 2. The Kier molecular flexibility index (Phi) is 5.05. The van der Waals surface area contributed by atoms with Crippen LogP contribution >= 0.6 is 0 Å². The molecule has 0 saturated carbocycles. The molecule has 0 heterocycles. The Morgan fingerprint density at radius 3 is 2.32 bits per heavy atom. The number of carboxylic acids is 1. The molecule has 0 saturated heterocycles. The first-order valence-corrected chi connectivity index (χ1v) is 5.61. The minimum absolute atomic E-state index is 0.207. The fraction of sp³-hybridized carbons (Fsp3) is 0.231. The van der Waals surface area contributed by atoms with Gasteiger partial charge in [0.15, 0.2) is 0 Å². The first kappa shape index (κ1) is 14.7. The summed E-state index contributed by atoms with van der Waals surface area (Å²) in [6.45, 7) is 2.26. The average Bonchev–Trinajstić information content (AvgIpc) is 2.37. The molecule has 0 fully saturated rings. The molecule has 19 heavy (non-hydrogen) atoms. The van der Waals surface area contributed by atoms with Crippen LogP contribution in [0.1, 0.15) is 12.5 Å². The Bertz CT molecular complexity index is 496. The van der Waals surface area contributed by atoms with Gasteiger partial charge in [0, 0.05) is 13.1 Å². The van der Waals surface area contributed by atoms with Gasteiger partial charge in [-0.2, -0.15) is 0 Å². The Balaban J connectivity index is 2.78. The van der Waals surface area contributed by atoms with E-state index in [0.717, 1.165) is 0 Å². The fourth-order valence-electron chi connectivity index (χ4n) is 1.43. The molecule has 0 spiro atoms. The number of aliphatic carboxylic acids is 1. The Labute approximate surface area is 109 Å². The van der Waals surface area contributed by atoms with Crippen molar-refractivity contribution >= 4 is 11.9 Å². The summed E-state index contributed by atoms with van der Waals surface area (Å²) in [7, 11) is 0. The molecule has 5 nitrogen and oxygen atoms in total. The monoisotopic (exact) mass is 267 g/mol. The lowest BCUT2D eigenvalue weighted by atomic mass is 10.2. The first-order chi connectivity index (χ1) is 8.93. The third-order valence-corrected chi connectivity index (χ3v) is 2.46. The number of benzene rings is 1. The van der Waals surface area contributed by atoms with Crippen molar-refractivity contribution in [1.82, 2.24) is 4.90 Å². The van der Waals surface area contributed by atoms with Gasteiger partial charge in [0.05, 0.1) is 6.08 Å². The molecular formula is C13H14FNO4. The van der Waals surface area contributed by atoms with E-state index < -0.39 is 17.6 Å². The summed E-state index contributed by atoms with van der Waals surface area (Å²) < 4.78 is 12.7. The van der Waals surface area contributed by atoms with E-state index in [4.69, 9.17) is 10.2 Å². The number of nitrogens with zero attached hydrogens (tertiary/aromatic N) is 1. The predicted molar refractivity (Wildman–Crippen MR) is 65.8 cm³/mol. The fourth-order valence-corrected chi connectivity index (χ4v) is 1.43. The first-order valence-electron chi connectivity index (χ1n) is 5.61. The van der Waals surface area contributed by atoms with E-state index in [-0.39, 0.29) is 12.4 Å². The van der Waals surface area contributed by atoms with E-state index in [1.807, 2.05) is 0 Å². The van der Waals surface area contributed by atoms with Crippen LogP contribution in [-0.2, 0) is 16.1 Å². The van der Waals surface area contributed by atoms with Gasteiger partial charge in [0.25, 0.3) is 5.91 Å². The second kappa shape index (κ2) is 6.53. The molecule has 1 amide bonds. The van der Waals surface area contributed by atoms with Gasteiger partial charge in [-0.15, -0.1) is 0 Å². The number of carbonyl (C=O) groups excluding carboxylic acids is 1. The minimum Gasteiger partial charge on any atom is -0.502 e. The van der Waals surface area contributed by atoms with E-state index in [9.17, 15) is 14.0 Å². The van der Waals surface area contributed by atoms with Gasteiger partial charge < -0.3 is 15.1 Å². The van der Waals surface area contributed by atoms with Gasteiger partial charge in [0.1, 0.15) is 5.82 Å². The van der Waals surface area contributed by atoms with Crippen LogP contribution < -0.4 is 0 Å². The number of aliphatic hydroxyl groups excluding tert-OH is 1. The molecule has 0 aromatic heterocycles. The molecule has 1 aromatic rings. The molecule has 0 aliphatic heterocycles. The van der Waals surface area contributed by atoms with Crippen LogP contribution in [0, 0.1) is 5.82 Å². The van der Waals surface area contributed by atoms with Crippen molar-refractivity contribution in [2.75, 3.05) is 6.54 Å². The SMILES string of the molecule is CCN(Cc1ccc(F)cc1)C(=O)C=C(O)C(=O)O. The summed E-state index contributed by atoms with van der Waals surface area (Å²) in [6, 6.07) is 5.62. The molecule has 0 atom stereocenters. The number of amides is 1. The zero-order valence-corrected chi connectivity index (χ0v) is 10.3.